The van der Waals surface area contributed by atoms with E-state index in [9.17, 15) is 9.59 Å². The summed E-state index contributed by atoms with van der Waals surface area (Å²) < 4.78 is 1.60. The van der Waals surface area contributed by atoms with E-state index in [0.717, 1.165) is 29.1 Å². The lowest BCUT2D eigenvalue weighted by atomic mass is 9.97. The number of nitrogens with one attached hydrogen (secondary N) is 3. The molecule has 180 valence electrons. The molecule has 3 N–H and O–H groups in total. The second-order valence-corrected chi connectivity index (χ2v) is 10.3. The Morgan fingerprint density at radius 1 is 1.26 bits per heavy atom. The van der Waals surface area contributed by atoms with Crippen LogP contribution in [0.15, 0.2) is 36.7 Å². The van der Waals surface area contributed by atoms with Gasteiger partial charge < -0.3 is 16.0 Å². The standard InChI is InChI=1S/C24H29ClN6O2S/c1-15-19(12-17(25)13-26-15)27-14-18-7-8-21(34-18)24(33)29-20(11-16-5-3-4-6-16)23(32)30-22-9-10-28-31(22)2/h7-10,12-13,16,20,27H,3-6,11,14H2,1-2H3,(H,29,33)(H,30,32). The van der Waals surface area contributed by atoms with Crippen LogP contribution >= 0.6 is 22.9 Å². The second-order valence-electron chi connectivity index (χ2n) is 8.65. The molecule has 4 rings (SSSR count). The highest BCUT2D eigenvalue weighted by Crippen LogP contribution is 2.29. The number of aryl methyl sites for hydroxylation is 2. The minimum Gasteiger partial charge on any atom is -0.379 e. The van der Waals surface area contributed by atoms with Gasteiger partial charge in [-0.1, -0.05) is 37.3 Å². The average molecular weight is 501 g/mol. The lowest BCUT2D eigenvalue weighted by Crippen LogP contribution is -2.44. The predicted molar refractivity (Wildman–Crippen MR) is 135 cm³/mol. The molecule has 34 heavy (non-hydrogen) atoms. The smallest absolute Gasteiger partial charge is 0.262 e. The molecule has 8 nitrogen and oxygen atoms in total. The maximum atomic E-state index is 13.1. The first-order valence-electron chi connectivity index (χ1n) is 11.4. The van der Waals surface area contributed by atoms with E-state index in [1.807, 2.05) is 19.1 Å². The molecule has 1 fully saturated rings. The number of thiophene rings is 1. The van der Waals surface area contributed by atoms with Crippen molar-refractivity contribution in [2.24, 2.45) is 13.0 Å². The van der Waals surface area contributed by atoms with Crippen LogP contribution in [0, 0.1) is 12.8 Å². The van der Waals surface area contributed by atoms with Gasteiger partial charge >= 0.3 is 0 Å². The zero-order valence-electron chi connectivity index (χ0n) is 19.3. The first kappa shape index (κ1) is 24.2. The molecule has 0 radical (unpaired) electrons. The number of halogens is 1. The van der Waals surface area contributed by atoms with Gasteiger partial charge in [0.25, 0.3) is 5.91 Å². The first-order valence-corrected chi connectivity index (χ1v) is 12.6. The van der Waals surface area contributed by atoms with Crippen LogP contribution in [0.4, 0.5) is 11.5 Å². The van der Waals surface area contributed by atoms with E-state index < -0.39 is 6.04 Å². The van der Waals surface area contributed by atoms with Gasteiger partial charge in [-0.2, -0.15) is 5.10 Å². The molecule has 1 unspecified atom stereocenters. The summed E-state index contributed by atoms with van der Waals surface area (Å²) in [7, 11) is 1.77. The quantitative estimate of drug-likeness (QED) is 0.393. The highest BCUT2D eigenvalue weighted by Gasteiger charge is 2.28. The van der Waals surface area contributed by atoms with Crippen molar-refractivity contribution in [3.8, 4) is 0 Å². The zero-order valence-corrected chi connectivity index (χ0v) is 20.9. The average Bonchev–Trinajstić information content (AvgIpc) is 3.57. The Labute approximate surface area is 208 Å². The van der Waals surface area contributed by atoms with Crippen LogP contribution in [0.1, 0.15) is 52.3 Å². The van der Waals surface area contributed by atoms with E-state index in [2.05, 4.69) is 26.0 Å². The molecule has 1 atom stereocenters. The third-order valence-electron chi connectivity index (χ3n) is 6.13. The van der Waals surface area contributed by atoms with E-state index >= 15 is 0 Å². The monoisotopic (exact) mass is 500 g/mol. The van der Waals surface area contributed by atoms with Gasteiger partial charge in [-0.05, 0) is 37.5 Å². The van der Waals surface area contributed by atoms with Crippen LogP contribution in [0.5, 0.6) is 0 Å². The lowest BCUT2D eigenvalue weighted by Gasteiger charge is -2.21. The number of pyridine rings is 1. The number of anilines is 2. The third kappa shape index (κ3) is 6.15. The molecule has 3 aromatic heterocycles. The molecule has 1 aliphatic carbocycles. The minimum atomic E-state index is -0.602. The Morgan fingerprint density at radius 3 is 2.79 bits per heavy atom. The van der Waals surface area contributed by atoms with Crippen LogP contribution in [0.2, 0.25) is 5.02 Å². The molecule has 0 saturated heterocycles. The Hall–Kier alpha value is -2.91. The molecule has 3 aromatic rings. The summed E-state index contributed by atoms with van der Waals surface area (Å²) in [5.41, 5.74) is 1.71. The van der Waals surface area contributed by atoms with Crippen LogP contribution < -0.4 is 16.0 Å². The largest absolute Gasteiger partial charge is 0.379 e. The summed E-state index contributed by atoms with van der Waals surface area (Å²) in [5.74, 6) is 0.595. The highest BCUT2D eigenvalue weighted by molar-refractivity contribution is 7.14. The molecular formula is C24H29ClN6O2S. The van der Waals surface area contributed by atoms with Gasteiger partial charge in [0.05, 0.1) is 27.5 Å². The van der Waals surface area contributed by atoms with Crippen molar-refractivity contribution < 1.29 is 9.59 Å². The molecule has 3 heterocycles. The zero-order chi connectivity index (χ0) is 24.1. The number of amides is 2. The van der Waals surface area contributed by atoms with Gasteiger partial charge in [-0.25, -0.2) is 0 Å². The van der Waals surface area contributed by atoms with Gasteiger partial charge in [0, 0.05) is 30.7 Å². The summed E-state index contributed by atoms with van der Waals surface area (Å²) in [6.07, 6.45) is 8.42. The fourth-order valence-corrected chi connectivity index (χ4v) is 5.22. The molecule has 1 saturated carbocycles. The number of hydrogen-bond donors (Lipinski definition) is 3. The Bertz CT molecular complexity index is 1150. The first-order chi connectivity index (χ1) is 16.4. The van der Waals surface area contributed by atoms with E-state index in [-0.39, 0.29) is 11.8 Å². The van der Waals surface area contributed by atoms with Crippen molar-refractivity contribution >= 4 is 46.3 Å². The van der Waals surface area contributed by atoms with E-state index in [1.165, 1.54) is 24.2 Å². The van der Waals surface area contributed by atoms with Gasteiger partial charge in [-0.3, -0.25) is 19.3 Å². The molecule has 10 heteroatoms. The van der Waals surface area contributed by atoms with Crippen LogP contribution in [-0.2, 0) is 18.4 Å². The molecule has 0 bridgehead atoms. The topological polar surface area (TPSA) is 101 Å². The van der Waals surface area contributed by atoms with Crippen molar-refractivity contribution in [3.05, 3.63) is 57.1 Å². The van der Waals surface area contributed by atoms with Crippen molar-refractivity contribution in [2.75, 3.05) is 10.6 Å². The van der Waals surface area contributed by atoms with Crippen molar-refractivity contribution in [3.63, 3.8) is 0 Å². The van der Waals surface area contributed by atoms with Gasteiger partial charge in [0.15, 0.2) is 0 Å². The number of carbonyl (C=O) groups is 2. The number of nitrogens with zero attached hydrogens (tertiary/aromatic N) is 3. The summed E-state index contributed by atoms with van der Waals surface area (Å²) in [6, 6.07) is 6.68. The van der Waals surface area contributed by atoms with Gasteiger partial charge in [-0.15, -0.1) is 11.3 Å². The fraction of sp³-hybridized carbons (Fsp3) is 0.417. The number of rotatable bonds is 9. The van der Waals surface area contributed by atoms with Crippen molar-refractivity contribution in [1.82, 2.24) is 20.1 Å². The summed E-state index contributed by atoms with van der Waals surface area (Å²) >= 11 is 7.44. The van der Waals surface area contributed by atoms with Gasteiger partial charge in [0.1, 0.15) is 11.9 Å². The summed E-state index contributed by atoms with van der Waals surface area (Å²) in [5, 5.41) is 13.9. The molecule has 0 spiro atoms. The number of aromatic nitrogens is 3. The Balaban J connectivity index is 1.40. The van der Waals surface area contributed by atoms with E-state index in [0.29, 0.717) is 34.6 Å². The predicted octanol–water partition coefficient (Wildman–Crippen LogP) is 4.77. The minimum absolute atomic E-state index is 0.216. The highest BCUT2D eigenvalue weighted by atomic mass is 35.5. The third-order valence-corrected chi connectivity index (χ3v) is 7.42. The molecule has 1 aliphatic rings. The summed E-state index contributed by atoms with van der Waals surface area (Å²) in [6.45, 7) is 2.46. The molecule has 2 amide bonds. The lowest BCUT2D eigenvalue weighted by molar-refractivity contribution is -0.118. The Kier molecular flexibility index (Phi) is 7.84. The maximum Gasteiger partial charge on any atom is 0.262 e. The molecule has 0 aliphatic heterocycles. The van der Waals surface area contributed by atoms with E-state index in [1.54, 1.807) is 36.3 Å². The van der Waals surface area contributed by atoms with Crippen LogP contribution in [-0.4, -0.2) is 32.6 Å². The fourth-order valence-electron chi connectivity index (χ4n) is 4.21. The summed E-state index contributed by atoms with van der Waals surface area (Å²) in [4.78, 5) is 31.9. The maximum absolute atomic E-state index is 13.1. The van der Waals surface area contributed by atoms with Crippen LogP contribution in [0.3, 0.4) is 0 Å². The van der Waals surface area contributed by atoms with Crippen molar-refractivity contribution in [1.29, 1.82) is 0 Å². The molecule has 0 aromatic carbocycles. The number of hydrogen-bond acceptors (Lipinski definition) is 6. The Morgan fingerprint density at radius 2 is 2.06 bits per heavy atom. The van der Waals surface area contributed by atoms with Crippen LogP contribution in [0.25, 0.3) is 0 Å². The molecular weight excluding hydrogens is 472 g/mol. The second kappa shape index (κ2) is 11.0. The normalized spacial score (nSPS) is 14.7. The van der Waals surface area contributed by atoms with Crippen molar-refractivity contribution in [2.45, 2.75) is 51.6 Å². The van der Waals surface area contributed by atoms with E-state index in [4.69, 9.17) is 11.6 Å². The number of carbonyl (C=O) groups excluding carboxylic acids is 2. The SMILES string of the molecule is Cc1ncc(Cl)cc1NCc1ccc(C(=O)NC(CC2CCCC2)C(=O)Nc2ccnn2C)s1. The van der Waals surface area contributed by atoms with Gasteiger partial charge in [0.2, 0.25) is 5.91 Å².